The molecule has 0 aliphatic carbocycles. The third-order valence-corrected chi connectivity index (χ3v) is 6.45. The minimum atomic E-state index is 0. The smallest absolute Gasteiger partial charge is 0.0239 e. The largest absolute Gasteiger partial charge is 0.304 e. The fraction of sp³-hybridized carbons (Fsp3) is 0. The number of nitrogens with zero attached hydrogens (tertiary/aromatic N) is 1. The van der Waals surface area contributed by atoms with E-state index in [4.69, 9.17) is 4.98 Å². The number of pyridine rings is 1. The van der Waals surface area contributed by atoms with Crippen molar-refractivity contribution in [1.29, 1.82) is 0 Å². The summed E-state index contributed by atoms with van der Waals surface area (Å²) >= 11 is 0. The van der Waals surface area contributed by atoms with Gasteiger partial charge in [0.15, 0.2) is 0 Å². The maximum absolute atomic E-state index is 4.79. The van der Waals surface area contributed by atoms with E-state index in [1.165, 1.54) is 33.4 Å². The molecule has 0 N–H and O–H groups in total. The predicted octanol–water partition coefficient (Wildman–Crippen LogP) is 9.21. The summed E-state index contributed by atoms with van der Waals surface area (Å²) in [4.78, 5) is 4.79. The normalized spacial score (nSPS) is 10.5. The molecule has 179 valence electrons. The van der Waals surface area contributed by atoms with Gasteiger partial charge in [0.2, 0.25) is 0 Å². The number of hydrogen-bond acceptors (Lipinski definition) is 1. The van der Waals surface area contributed by atoms with Crippen LogP contribution in [0.3, 0.4) is 0 Å². The van der Waals surface area contributed by atoms with Crippen LogP contribution in [0.1, 0.15) is 0 Å². The molecule has 0 saturated heterocycles. The van der Waals surface area contributed by atoms with E-state index >= 15 is 0 Å². The Kier molecular flexibility index (Phi) is 7.51. The van der Waals surface area contributed by atoms with Gasteiger partial charge in [0.1, 0.15) is 0 Å². The summed E-state index contributed by atoms with van der Waals surface area (Å²) < 4.78 is 0. The molecule has 0 aliphatic heterocycles. The van der Waals surface area contributed by atoms with Crippen molar-refractivity contribution in [1.82, 2.24) is 4.98 Å². The van der Waals surface area contributed by atoms with Crippen molar-refractivity contribution in [3.8, 4) is 55.8 Å². The molecule has 0 aliphatic rings. The average Bonchev–Trinajstić information content (AvgIpc) is 2.98. The number of rotatable bonds is 5. The molecule has 1 nitrogen and oxygen atoms in total. The molecule has 2 heteroatoms. The monoisotopic (exact) mass is 651 g/mol. The Morgan fingerprint density at radius 1 is 0.405 bits per heavy atom. The van der Waals surface area contributed by atoms with Gasteiger partial charge in [0, 0.05) is 26.3 Å². The van der Waals surface area contributed by atoms with Gasteiger partial charge in [-0.15, -0.1) is 35.4 Å². The van der Waals surface area contributed by atoms with Crippen molar-refractivity contribution in [2.45, 2.75) is 0 Å². The molecule has 37 heavy (non-hydrogen) atoms. The third kappa shape index (κ3) is 5.52. The van der Waals surface area contributed by atoms with Crippen LogP contribution in [0.5, 0.6) is 0 Å². The summed E-state index contributed by atoms with van der Waals surface area (Å²) in [7, 11) is 0. The zero-order chi connectivity index (χ0) is 24.2. The minimum Gasteiger partial charge on any atom is -0.304 e. The molecule has 0 saturated carbocycles. The standard InChI is InChI=1S/C35H24N.Ir/c1-3-10-26(11-4-1)28-14-7-16-30(22-28)31-17-8-18-32(23-31)34-20-21-35(36-25-34)33-19-9-15-29(24-33)27-12-5-2-6-13-27;/h1-18,20-25H;/q-1;. The van der Waals surface area contributed by atoms with Crippen LogP contribution in [-0.2, 0) is 20.1 Å². The zero-order valence-electron chi connectivity index (χ0n) is 20.1. The van der Waals surface area contributed by atoms with E-state index in [-0.39, 0.29) is 20.1 Å². The van der Waals surface area contributed by atoms with Crippen LogP contribution in [0.15, 0.2) is 146 Å². The molecular weight excluding hydrogens is 627 g/mol. The first-order valence-electron chi connectivity index (χ1n) is 12.1. The van der Waals surface area contributed by atoms with Crippen molar-refractivity contribution >= 4 is 0 Å². The second-order valence-electron chi connectivity index (χ2n) is 8.82. The SMILES string of the molecule is [Ir].[c-]1ccc(-c2ccccc2)cc1-c1ccc(-c2cccc(-c3cccc(-c4ccccc4)c3)c2)cn1. The minimum absolute atomic E-state index is 0. The molecule has 0 fully saturated rings. The molecule has 0 unspecified atom stereocenters. The fourth-order valence-electron chi connectivity index (χ4n) is 4.54. The van der Waals surface area contributed by atoms with Gasteiger partial charge in [-0.2, -0.15) is 0 Å². The van der Waals surface area contributed by atoms with Crippen molar-refractivity contribution in [3.63, 3.8) is 0 Å². The number of benzene rings is 5. The maximum Gasteiger partial charge on any atom is 0.0239 e. The summed E-state index contributed by atoms with van der Waals surface area (Å²) in [5, 5.41) is 0. The molecule has 0 bridgehead atoms. The van der Waals surface area contributed by atoms with Gasteiger partial charge in [-0.05, 0) is 56.8 Å². The van der Waals surface area contributed by atoms with Crippen molar-refractivity contribution < 1.29 is 20.1 Å². The second kappa shape index (κ2) is 11.3. The Morgan fingerprint density at radius 3 is 1.43 bits per heavy atom. The molecule has 0 spiro atoms. The van der Waals surface area contributed by atoms with Crippen LogP contribution < -0.4 is 0 Å². The van der Waals surface area contributed by atoms with E-state index in [0.717, 1.165) is 22.4 Å². The Morgan fingerprint density at radius 2 is 0.892 bits per heavy atom. The van der Waals surface area contributed by atoms with Crippen LogP contribution in [-0.4, -0.2) is 4.98 Å². The molecule has 0 amide bonds. The second-order valence-corrected chi connectivity index (χ2v) is 8.82. The average molecular weight is 651 g/mol. The van der Waals surface area contributed by atoms with E-state index in [9.17, 15) is 0 Å². The third-order valence-electron chi connectivity index (χ3n) is 6.45. The molecule has 1 heterocycles. The first kappa shape index (κ1) is 24.6. The molecule has 5 aromatic carbocycles. The van der Waals surface area contributed by atoms with Crippen LogP contribution >= 0.6 is 0 Å². The first-order chi connectivity index (χ1) is 17.8. The summed E-state index contributed by atoms with van der Waals surface area (Å²) in [5.41, 5.74) is 11.4. The van der Waals surface area contributed by atoms with E-state index in [0.29, 0.717) is 0 Å². The summed E-state index contributed by atoms with van der Waals surface area (Å²) in [6.45, 7) is 0. The van der Waals surface area contributed by atoms with Gasteiger partial charge >= 0.3 is 0 Å². The first-order valence-corrected chi connectivity index (χ1v) is 12.1. The molecule has 1 radical (unpaired) electrons. The van der Waals surface area contributed by atoms with Gasteiger partial charge in [-0.25, -0.2) is 0 Å². The molecule has 6 aromatic rings. The van der Waals surface area contributed by atoms with Crippen LogP contribution in [0.4, 0.5) is 0 Å². The van der Waals surface area contributed by atoms with E-state index in [1.54, 1.807) is 0 Å². The van der Waals surface area contributed by atoms with Gasteiger partial charge in [-0.3, -0.25) is 0 Å². The number of aromatic nitrogens is 1. The van der Waals surface area contributed by atoms with Crippen molar-refractivity contribution in [3.05, 3.63) is 152 Å². The summed E-state index contributed by atoms with van der Waals surface area (Å²) in [6.07, 6.45) is 1.96. The van der Waals surface area contributed by atoms with Gasteiger partial charge in [0.05, 0.1) is 0 Å². The van der Waals surface area contributed by atoms with Crippen LogP contribution in [0.25, 0.3) is 55.8 Å². The summed E-state index contributed by atoms with van der Waals surface area (Å²) in [6, 6.07) is 52.1. The van der Waals surface area contributed by atoms with Crippen LogP contribution in [0, 0.1) is 6.07 Å². The Labute approximate surface area is 231 Å². The molecular formula is C35H24IrN-. The van der Waals surface area contributed by atoms with Gasteiger partial charge in [-0.1, -0.05) is 109 Å². The van der Waals surface area contributed by atoms with Gasteiger partial charge < -0.3 is 4.98 Å². The molecule has 0 atom stereocenters. The Hall–Kier alpha value is -4.10. The summed E-state index contributed by atoms with van der Waals surface area (Å²) in [5.74, 6) is 0. The zero-order valence-corrected chi connectivity index (χ0v) is 22.5. The maximum atomic E-state index is 4.79. The van der Waals surface area contributed by atoms with E-state index < -0.39 is 0 Å². The molecule has 6 rings (SSSR count). The van der Waals surface area contributed by atoms with Gasteiger partial charge in [0.25, 0.3) is 0 Å². The number of hydrogen-bond donors (Lipinski definition) is 0. The van der Waals surface area contributed by atoms with Crippen molar-refractivity contribution in [2.24, 2.45) is 0 Å². The quantitative estimate of drug-likeness (QED) is 0.170. The molecule has 1 aromatic heterocycles. The fourth-order valence-corrected chi connectivity index (χ4v) is 4.54. The predicted molar refractivity (Wildman–Crippen MR) is 150 cm³/mol. The van der Waals surface area contributed by atoms with E-state index in [2.05, 4.69) is 127 Å². The Balaban J connectivity index is 0.00000280. The van der Waals surface area contributed by atoms with E-state index in [1.807, 2.05) is 24.4 Å². The topological polar surface area (TPSA) is 12.9 Å². The van der Waals surface area contributed by atoms with Crippen LogP contribution in [0.2, 0.25) is 0 Å². The van der Waals surface area contributed by atoms with Crippen molar-refractivity contribution in [2.75, 3.05) is 0 Å². The Bertz CT molecular complexity index is 1610.